The summed E-state index contributed by atoms with van der Waals surface area (Å²) < 4.78 is 11.2. The Hall–Kier alpha value is -3.55. The predicted octanol–water partition coefficient (Wildman–Crippen LogP) is 3.31. The highest BCUT2D eigenvalue weighted by Crippen LogP contribution is 2.28. The Morgan fingerprint density at radius 3 is 2.39 bits per heavy atom. The smallest absolute Gasteiger partial charge is 0.318 e. The number of piperidine rings is 1. The van der Waals surface area contributed by atoms with Crippen molar-refractivity contribution in [1.29, 1.82) is 0 Å². The van der Waals surface area contributed by atoms with Crippen LogP contribution in [-0.4, -0.2) is 67.4 Å². The molecule has 5 rings (SSSR count). The van der Waals surface area contributed by atoms with E-state index in [0.29, 0.717) is 11.9 Å². The summed E-state index contributed by atoms with van der Waals surface area (Å²) in [7, 11) is 1.68. The van der Waals surface area contributed by atoms with E-state index in [1.807, 2.05) is 53.4 Å². The van der Waals surface area contributed by atoms with Crippen LogP contribution in [0.1, 0.15) is 12.8 Å². The molecule has 2 saturated heterocycles. The number of methoxy groups -OCH3 is 1. The van der Waals surface area contributed by atoms with Crippen molar-refractivity contribution < 1.29 is 13.9 Å². The standard InChI is InChI=1S/C25H29N5O3/c1-32-22-9-5-8-21(18-22)28-14-16-29(17-15-28)24(31)20-10-12-30(13-11-20)25-27-26-23(33-25)19-6-3-2-4-7-19/h2-9,18,20H,10-17H2,1H3. The Kier molecular flexibility index (Phi) is 6.15. The number of benzene rings is 2. The van der Waals surface area contributed by atoms with Gasteiger partial charge in [0.15, 0.2) is 0 Å². The number of aromatic nitrogens is 2. The normalized spacial score (nSPS) is 17.3. The number of carbonyl (C=O) groups is 1. The van der Waals surface area contributed by atoms with E-state index in [-0.39, 0.29) is 11.8 Å². The number of nitrogens with zero attached hydrogens (tertiary/aromatic N) is 5. The molecular formula is C25H29N5O3. The molecule has 8 nitrogen and oxygen atoms in total. The summed E-state index contributed by atoms with van der Waals surface area (Å²) in [5, 5.41) is 8.41. The number of amides is 1. The molecule has 33 heavy (non-hydrogen) atoms. The molecule has 2 aliphatic rings. The van der Waals surface area contributed by atoms with E-state index in [1.54, 1.807) is 7.11 Å². The number of carbonyl (C=O) groups excluding carboxylic acids is 1. The van der Waals surface area contributed by atoms with Crippen LogP contribution in [-0.2, 0) is 4.79 Å². The number of ether oxygens (including phenoxy) is 1. The molecule has 0 aliphatic carbocycles. The summed E-state index contributed by atoms with van der Waals surface area (Å²) in [6.07, 6.45) is 1.61. The van der Waals surface area contributed by atoms with E-state index < -0.39 is 0 Å². The molecule has 3 heterocycles. The summed E-state index contributed by atoms with van der Waals surface area (Å²) in [5.41, 5.74) is 2.05. The first-order valence-corrected chi connectivity index (χ1v) is 11.5. The van der Waals surface area contributed by atoms with Crippen LogP contribution in [0.3, 0.4) is 0 Å². The lowest BCUT2D eigenvalue weighted by Crippen LogP contribution is -2.51. The Morgan fingerprint density at radius 2 is 1.67 bits per heavy atom. The zero-order valence-corrected chi connectivity index (χ0v) is 18.9. The minimum Gasteiger partial charge on any atom is -0.497 e. The first-order valence-electron chi connectivity index (χ1n) is 11.5. The zero-order chi connectivity index (χ0) is 22.6. The van der Waals surface area contributed by atoms with Gasteiger partial charge in [0.1, 0.15) is 5.75 Å². The fourth-order valence-corrected chi connectivity index (χ4v) is 4.61. The molecule has 0 bridgehead atoms. The van der Waals surface area contributed by atoms with Crippen LogP contribution in [0.25, 0.3) is 11.5 Å². The van der Waals surface area contributed by atoms with Gasteiger partial charge in [-0.25, -0.2) is 0 Å². The predicted molar refractivity (Wildman–Crippen MR) is 126 cm³/mol. The van der Waals surface area contributed by atoms with Crippen LogP contribution >= 0.6 is 0 Å². The lowest BCUT2D eigenvalue weighted by Gasteiger charge is -2.39. The van der Waals surface area contributed by atoms with Crippen molar-refractivity contribution in [3.8, 4) is 17.2 Å². The van der Waals surface area contributed by atoms with Crippen LogP contribution in [0.2, 0.25) is 0 Å². The summed E-state index contributed by atoms with van der Waals surface area (Å²) in [6.45, 7) is 4.66. The molecule has 2 aliphatic heterocycles. The van der Waals surface area contributed by atoms with E-state index in [2.05, 4.69) is 26.1 Å². The van der Waals surface area contributed by atoms with Crippen LogP contribution < -0.4 is 14.5 Å². The largest absolute Gasteiger partial charge is 0.497 e. The van der Waals surface area contributed by atoms with Gasteiger partial charge in [0.25, 0.3) is 0 Å². The fraction of sp³-hybridized carbons (Fsp3) is 0.400. The van der Waals surface area contributed by atoms with Gasteiger partial charge < -0.3 is 23.9 Å². The van der Waals surface area contributed by atoms with Crippen molar-refractivity contribution in [2.45, 2.75) is 12.8 Å². The third-order valence-corrected chi connectivity index (χ3v) is 6.56. The van der Waals surface area contributed by atoms with Crippen LogP contribution in [0.5, 0.6) is 5.75 Å². The average molecular weight is 448 g/mol. The van der Waals surface area contributed by atoms with E-state index in [0.717, 1.165) is 69.1 Å². The topological polar surface area (TPSA) is 74.9 Å². The molecule has 0 unspecified atom stereocenters. The van der Waals surface area contributed by atoms with Crippen LogP contribution in [0.4, 0.5) is 11.7 Å². The second-order valence-electron chi connectivity index (χ2n) is 8.53. The third-order valence-electron chi connectivity index (χ3n) is 6.56. The van der Waals surface area contributed by atoms with Gasteiger partial charge in [-0.3, -0.25) is 4.79 Å². The van der Waals surface area contributed by atoms with Crippen LogP contribution in [0, 0.1) is 5.92 Å². The monoisotopic (exact) mass is 447 g/mol. The summed E-state index contributed by atoms with van der Waals surface area (Å²) >= 11 is 0. The van der Waals surface area contributed by atoms with E-state index in [4.69, 9.17) is 9.15 Å². The minimum atomic E-state index is 0.0566. The molecule has 8 heteroatoms. The summed E-state index contributed by atoms with van der Waals surface area (Å²) in [4.78, 5) is 19.6. The highest BCUT2D eigenvalue weighted by Gasteiger charge is 2.32. The molecule has 0 spiro atoms. The van der Waals surface area contributed by atoms with E-state index in [1.165, 1.54) is 0 Å². The van der Waals surface area contributed by atoms with E-state index >= 15 is 0 Å². The Labute approximate surface area is 193 Å². The van der Waals surface area contributed by atoms with Gasteiger partial charge in [0.2, 0.25) is 11.8 Å². The number of piperazine rings is 1. The first-order chi connectivity index (χ1) is 16.2. The lowest BCUT2D eigenvalue weighted by atomic mass is 9.95. The maximum atomic E-state index is 13.1. The molecule has 0 atom stereocenters. The molecule has 1 amide bonds. The second-order valence-corrected chi connectivity index (χ2v) is 8.53. The van der Waals surface area contributed by atoms with Gasteiger partial charge in [0.05, 0.1) is 7.11 Å². The number of rotatable bonds is 5. The Bertz CT molecular complexity index is 1070. The number of hydrogen-bond acceptors (Lipinski definition) is 7. The molecule has 0 radical (unpaired) electrons. The Morgan fingerprint density at radius 1 is 0.909 bits per heavy atom. The van der Waals surface area contributed by atoms with Crippen molar-refractivity contribution in [3.63, 3.8) is 0 Å². The van der Waals surface area contributed by atoms with Gasteiger partial charge in [0, 0.05) is 62.5 Å². The average Bonchev–Trinajstić information content (AvgIpc) is 3.39. The minimum absolute atomic E-state index is 0.0566. The molecule has 0 saturated carbocycles. The SMILES string of the molecule is COc1cccc(N2CCN(C(=O)C3CCN(c4nnc(-c5ccccc5)o4)CC3)CC2)c1. The van der Waals surface area contributed by atoms with Crippen molar-refractivity contribution in [1.82, 2.24) is 15.1 Å². The van der Waals surface area contributed by atoms with Crippen molar-refractivity contribution in [2.75, 3.05) is 56.2 Å². The second kappa shape index (κ2) is 9.52. The summed E-state index contributed by atoms with van der Waals surface area (Å²) in [6, 6.07) is 18.4. The molecule has 2 aromatic carbocycles. The van der Waals surface area contributed by atoms with Gasteiger partial charge in [-0.1, -0.05) is 29.4 Å². The van der Waals surface area contributed by atoms with Gasteiger partial charge >= 0.3 is 6.01 Å². The summed E-state index contributed by atoms with van der Waals surface area (Å²) in [5.74, 6) is 1.71. The molecule has 0 N–H and O–H groups in total. The molecule has 2 fully saturated rings. The number of hydrogen-bond donors (Lipinski definition) is 0. The first kappa shape index (κ1) is 21.3. The number of anilines is 2. The third kappa shape index (κ3) is 4.65. The maximum Gasteiger partial charge on any atom is 0.318 e. The zero-order valence-electron chi connectivity index (χ0n) is 18.9. The highest BCUT2D eigenvalue weighted by molar-refractivity contribution is 5.79. The van der Waals surface area contributed by atoms with Crippen LogP contribution in [0.15, 0.2) is 59.0 Å². The molecule has 172 valence electrons. The van der Waals surface area contributed by atoms with Crippen molar-refractivity contribution in [3.05, 3.63) is 54.6 Å². The van der Waals surface area contributed by atoms with Crippen molar-refractivity contribution in [2.24, 2.45) is 5.92 Å². The molecular weight excluding hydrogens is 418 g/mol. The van der Waals surface area contributed by atoms with Gasteiger partial charge in [-0.15, -0.1) is 5.10 Å². The maximum absolute atomic E-state index is 13.1. The molecule has 1 aromatic heterocycles. The quantitative estimate of drug-likeness (QED) is 0.594. The lowest BCUT2D eigenvalue weighted by molar-refractivity contribution is -0.136. The Balaban J connectivity index is 1.13. The fourth-order valence-electron chi connectivity index (χ4n) is 4.61. The highest BCUT2D eigenvalue weighted by atomic mass is 16.5. The van der Waals surface area contributed by atoms with E-state index in [9.17, 15) is 4.79 Å². The van der Waals surface area contributed by atoms with Crippen molar-refractivity contribution >= 4 is 17.6 Å². The molecule has 3 aromatic rings. The van der Waals surface area contributed by atoms with Gasteiger partial charge in [-0.2, -0.15) is 0 Å². The van der Waals surface area contributed by atoms with Gasteiger partial charge in [-0.05, 0) is 37.1 Å².